The second-order valence-electron chi connectivity index (χ2n) is 6.16. The van der Waals surface area contributed by atoms with Crippen LogP contribution in [0.5, 0.6) is 0 Å². The van der Waals surface area contributed by atoms with Gasteiger partial charge in [-0.05, 0) is 36.7 Å². The number of esters is 1. The molecule has 0 fully saturated rings. The second-order valence-corrected chi connectivity index (χ2v) is 6.16. The van der Waals surface area contributed by atoms with E-state index in [1.807, 2.05) is 13.8 Å². The molecule has 116 valence electrons. The van der Waals surface area contributed by atoms with Gasteiger partial charge in [0.15, 0.2) is 0 Å². The van der Waals surface area contributed by atoms with E-state index in [-0.39, 0.29) is 23.7 Å². The van der Waals surface area contributed by atoms with Crippen molar-refractivity contribution in [2.45, 2.75) is 32.8 Å². The molecule has 0 saturated heterocycles. The van der Waals surface area contributed by atoms with Crippen LogP contribution >= 0.6 is 0 Å². The smallest absolute Gasteiger partial charge is 0.333 e. The van der Waals surface area contributed by atoms with E-state index in [2.05, 4.69) is 0 Å². The summed E-state index contributed by atoms with van der Waals surface area (Å²) in [7, 11) is 1.30. The molecule has 2 aliphatic carbocycles. The summed E-state index contributed by atoms with van der Waals surface area (Å²) in [4.78, 5) is 23.4. The highest BCUT2D eigenvalue weighted by Gasteiger charge is 2.43. The molecule has 0 radical (unpaired) electrons. The van der Waals surface area contributed by atoms with Gasteiger partial charge in [-0.1, -0.05) is 19.9 Å². The Hall–Kier alpha value is -1.62. The molecule has 0 spiro atoms. The van der Waals surface area contributed by atoms with Gasteiger partial charge in [-0.2, -0.15) is 0 Å². The number of carboxylic acid groups (broad SMARTS) is 1. The molecule has 2 aliphatic rings. The molecule has 0 unspecified atom stereocenters. The fourth-order valence-corrected chi connectivity index (χ4v) is 3.53. The SMILES string of the molecule is COC(=O)C1=C[C@H](O)[C@@H](C(C)C)C[C@@H]2C(C(=O)O)=CC[C@@H]12. The normalized spacial score (nSPS) is 32.0. The summed E-state index contributed by atoms with van der Waals surface area (Å²) in [6.07, 6.45) is 3.59. The van der Waals surface area contributed by atoms with Crippen molar-refractivity contribution in [3.8, 4) is 0 Å². The van der Waals surface area contributed by atoms with Gasteiger partial charge in [-0.25, -0.2) is 9.59 Å². The minimum Gasteiger partial charge on any atom is -0.478 e. The van der Waals surface area contributed by atoms with E-state index in [1.165, 1.54) is 7.11 Å². The van der Waals surface area contributed by atoms with Crippen LogP contribution in [0.25, 0.3) is 0 Å². The van der Waals surface area contributed by atoms with Gasteiger partial charge in [-0.3, -0.25) is 0 Å². The highest BCUT2D eigenvalue weighted by molar-refractivity contribution is 5.92. The van der Waals surface area contributed by atoms with E-state index in [0.717, 1.165) is 0 Å². The number of hydrogen-bond donors (Lipinski definition) is 2. The molecule has 0 aromatic rings. The molecule has 0 aliphatic heterocycles. The molecule has 0 heterocycles. The fourth-order valence-electron chi connectivity index (χ4n) is 3.53. The van der Waals surface area contributed by atoms with Gasteiger partial charge in [0.05, 0.1) is 13.2 Å². The van der Waals surface area contributed by atoms with Crippen LogP contribution in [0.15, 0.2) is 23.3 Å². The first-order valence-electron chi connectivity index (χ1n) is 7.28. The van der Waals surface area contributed by atoms with E-state index in [4.69, 9.17) is 4.74 Å². The molecule has 2 N–H and O–H groups in total. The monoisotopic (exact) mass is 294 g/mol. The predicted molar refractivity (Wildman–Crippen MR) is 76.4 cm³/mol. The zero-order valence-electron chi connectivity index (χ0n) is 12.6. The van der Waals surface area contributed by atoms with Crippen molar-refractivity contribution in [1.29, 1.82) is 0 Å². The lowest BCUT2D eigenvalue weighted by Crippen LogP contribution is -2.26. The number of aliphatic carboxylic acids is 1. The van der Waals surface area contributed by atoms with Crippen LogP contribution in [-0.2, 0) is 14.3 Å². The van der Waals surface area contributed by atoms with E-state index < -0.39 is 18.0 Å². The molecular weight excluding hydrogens is 272 g/mol. The van der Waals surface area contributed by atoms with Gasteiger partial charge in [0.1, 0.15) is 0 Å². The number of aliphatic hydroxyl groups excluding tert-OH is 1. The number of carbonyl (C=O) groups is 2. The van der Waals surface area contributed by atoms with E-state index >= 15 is 0 Å². The Labute approximate surface area is 124 Å². The number of carbonyl (C=O) groups excluding carboxylic acids is 1. The molecule has 21 heavy (non-hydrogen) atoms. The number of rotatable bonds is 3. The maximum Gasteiger partial charge on any atom is 0.333 e. The molecule has 0 amide bonds. The quantitative estimate of drug-likeness (QED) is 0.775. The first-order chi connectivity index (χ1) is 9.86. The maximum atomic E-state index is 12.0. The summed E-state index contributed by atoms with van der Waals surface area (Å²) < 4.78 is 4.80. The molecule has 0 aromatic carbocycles. The highest BCUT2D eigenvalue weighted by Crippen LogP contribution is 2.45. The van der Waals surface area contributed by atoms with E-state index in [0.29, 0.717) is 24.0 Å². The molecule has 5 heteroatoms. The number of methoxy groups -OCH3 is 1. The first-order valence-corrected chi connectivity index (χ1v) is 7.28. The standard InChI is InChI=1S/C16H22O5/c1-8(2)11-6-12-9(4-5-10(12)15(18)19)13(7-14(11)17)16(20)21-3/h5,7-9,11-12,14,17H,4,6H2,1-3H3,(H,18,19)/t9-,11-,12+,14+/m1/s1. The van der Waals surface area contributed by atoms with Crippen molar-refractivity contribution in [3.63, 3.8) is 0 Å². The topological polar surface area (TPSA) is 83.8 Å². The largest absolute Gasteiger partial charge is 0.478 e. The summed E-state index contributed by atoms with van der Waals surface area (Å²) in [5, 5.41) is 19.7. The van der Waals surface area contributed by atoms with E-state index in [1.54, 1.807) is 12.2 Å². The highest BCUT2D eigenvalue weighted by atomic mass is 16.5. The Bertz CT molecular complexity index is 503. The Balaban J connectivity index is 2.42. The van der Waals surface area contributed by atoms with Gasteiger partial charge in [-0.15, -0.1) is 0 Å². The summed E-state index contributed by atoms with van der Waals surface area (Å²) in [5.41, 5.74) is 0.764. The Morgan fingerprint density at radius 3 is 2.48 bits per heavy atom. The van der Waals surface area contributed by atoms with Crippen molar-refractivity contribution < 1.29 is 24.5 Å². The van der Waals surface area contributed by atoms with Gasteiger partial charge in [0.25, 0.3) is 0 Å². The average molecular weight is 294 g/mol. The minimum absolute atomic E-state index is 0.0690. The molecule has 5 nitrogen and oxygen atoms in total. The lowest BCUT2D eigenvalue weighted by molar-refractivity contribution is -0.137. The molecular formula is C16H22O5. The fraction of sp³-hybridized carbons (Fsp3) is 0.625. The second kappa shape index (κ2) is 6.02. The molecule has 0 bridgehead atoms. The molecule has 4 atom stereocenters. The van der Waals surface area contributed by atoms with Crippen molar-refractivity contribution in [2.24, 2.45) is 23.7 Å². The van der Waals surface area contributed by atoms with Crippen LogP contribution in [0.1, 0.15) is 26.7 Å². The summed E-state index contributed by atoms with van der Waals surface area (Å²) in [5.74, 6) is -1.73. The number of ether oxygens (including phenoxy) is 1. The Morgan fingerprint density at radius 2 is 1.95 bits per heavy atom. The van der Waals surface area contributed by atoms with Crippen molar-refractivity contribution in [2.75, 3.05) is 7.11 Å². The van der Waals surface area contributed by atoms with Crippen LogP contribution < -0.4 is 0 Å². The number of aliphatic hydroxyl groups is 1. The van der Waals surface area contributed by atoms with Crippen molar-refractivity contribution >= 4 is 11.9 Å². The minimum atomic E-state index is -0.939. The summed E-state index contributed by atoms with van der Waals surface area (Å²) in [6.45, 7) is 4.00. The van der Waals surface area contributed by atoms with E-state index in [9.17, 15) is 19.8 Å². The summed E-state index contributed by atoms with van der Waals surface area (Å²) >= 11 is 0. The third-order valence-electron chi connectivity index (χ3n) is 4.72. The lowest BCUT2D eigenvalue weighted by atomic mass is 9.78. The Kier molecular flexibility index (Phi) is 4.52. The van der Waals surface area contributed by atoms with Crippen LogP contribution in [0.3, 0.4) is 0 Å². The van der Waals surface area contributed by atoms with Crippen molar-refractivity contribution in [3.05, 3.63) is 23.3 Å². The number of carboxylic acids is 1. The predicted octanol–water partition coefficient (Wildman–Crippen LogP) is 1.77. The Morgan fingerprint density at radius 1 is 1.29 bits per heavy atom. The van der Waals surface area contributed by atoms with Crippen LogP contribution in [0, 0.1) is 23.7 Å². The average Bonchev–Trinajstić information content (AvgIpc) is 2.78. The number of hydrogen-bond acceptors (Lipinski definition) is 4. The van der Waals surface area contributed by atoms with Gasteiger partial charge in [0.2, 0.25) is 0 Å². The maximum absolute atomic E-state index is 12.0. The molecule has 0 saturated carbocycles. The third kappa shape index (κ3) is 2.88. The van der Waals surface area contributed by atoms with Crippen LogP contribution in [-0.4, -0.2) is 35.4 Å². The lowest BCUT2D eigenvalue weighted by Gasteiger charge is -2.27. The molecule has 0 aromatic heterocycles. The molecule has 2 rings (SSSR count). The van der Waals surface area contributed by atoms with Crippen molar-refractivity contribution in [1.82, 2.24) is 0 Å². The first kappa shape index (κ1) is 15.8. The van der Waals surface area contributed by atoms with Gasteiger partial charge >= 0.3 is 11.9 Å². The zero-order chi connectivity index (χ0) is 15.7. The van der Waals surface area contributed by atoms with Gasteiger partial charge < -0.3 is 14.9 Å². The number of fused-ring (bicyclic) bond motifs is 1. The van der Waals surface area contributed by atoms with Crippen LogP contribution in [0.2, 0.25) is 0 Å². The third-order valence-corrected chi connectivity index (χ3v) is 4.72. The van der Waals surface area contributed by atoms with Gasteiger partial charge in [0, 0.05) is 17.1 Å². The zero-order valence-corrected chi connectivity index (χ0v) is 12.6. The number of allylic oxidation sites excluding steroid dienone is 1. The summed E-state index contributed by atoms with van der Waals surface area (Å²) in [6, 6.07) is 0. The van der Waals surface area contributed by atoms with Crippen LogP contribution in [0.4, 0.5) is 0 Å².